The van der Waals surface area contributed by atoms with E-state index in [0.717, 1.165) is 11.1 Å². The third-order valence-corrected chi connectivity index (χ3v) is 5.87. The van der Waals surface area contributed by atoms with E-state index in [-0.39, 0.29) is 31.5 Å². The number of aliphatic carboxylic acids is 1. The Labute approximate surface area is 192 Å². The number of carbonyl (C=O) groups excluding carboxylic acids is 1. The van der Waals surface area contributed by atoms with Crippen molar-refractivity contribution in [3.63, 3.8) is 0 Å². The lowest BCUT2D eigenvalue weighted by Gasteiger charge is -2.43. The highest BCUT2D eigenvalue weighted by Crippen LogP contribution is 2.46. The van der Waals surface area contributed by atoms with Crippen molar-refractivity contribution in [2.45, 2.75) is 50.4 Å². The molecule has 8 heteroatoms. The van der Waals surface area contributed by atoms with E-state index in [1.807, 2.05) is 19.1 Å². The van der Waals surface area contributed by atoms with Gasteiger partial charge in [0.2, 0.25) is 5.91 Å². The lowest BCUT2D eigenvalue weighted by atomic mass is 9.81. The molecule has 172 valence electrons. The second-order valence-electron chi connectivity index (χ2n) is 8.30. The van der Waals surface area contributed by atoms with Crippen molar-refractivity contribution in [1.82, 2.24) is 5.32 Å². The predicted octanol–water partition coefficient (Wildman–Crippen LogP) is 3.83. The Kier molecular flexibility index (Phi) is 7.77. The Balaban J connectivity index is 1.99. The molecule has 1 saturated heterocycles. The lowest BCUT2D eigenvalue weighted by Crippen LogP contribution is -2.51. The van der Waals surface area contributed by atoms with Crippen LogP contribution in [-0.2, 0) is 20.7 Å². The molecule has 0 bridgehead atoms. The summed E-state index contributed by atoms with van der Waals surface area (Å²) in [4.78, 5) is 23.5. The Morgan fingerprint density at radius 3 is 2.50 bits per heavy atom. The number of rotatable bonds is 8. The number of benzene rings is 2. The zero-order chi connectivity index (χ0) is 23.3. The van der Waals surface area contributed by atoms with Crippen molar-refractivity contribution in [2.75, 3.05) is 13.7 Å². The molecule has 0 saturated carbocycles. The summed E-state index contributed by atoms with van der Waals surface area (Å²) in [5, 5.41) is 22.0. The summed E-state index contributed by atoms with van der Waals surface area (Å²) in [6.07, 6.45) is 0.102. The van der Waals surface area contributed by atoms with Crippen LogP contribution in [0, 0.1) is 0 Å². The zero-order valence-corrected chi connectivity index (χ0v) is 18.9. The highest BCUT2D eigenvalue weighted by Gasteiger charge is 2.41. The number of ether oxygens (including phenoxy) is 2. The average Bonchev–Trinajstić information content (AvgIpc) is 2.73. The number of amides is 1. The lowest BCUT2D eigenvalue weighted by molar-refractivity contribution is -0.136. The number of aliphatic hydroxyl groups is 1. The number of carboxylic acids is 1. The quantitative estimate of drug-likeness (QED) is 0.552. The maximum atomic E-state index is 12.3. The molecular formula is C24H28ClNO6. The summed E-state index contributed by atoms with van der Waals surface area (Å²) in [5.41, 5.74) is 1.67. The van der Waals surface area contributed by atoms with E-state index in [0.29, 0.717) is 29.2 Å². The maximum Gasteiger partial charge on any atom is 0.307 e. The maximum absolute atomic E-state index is 12.3. The molecule has 1 aliphatic rings. The fourth-order valence-electron chi connectivity index (χ4n) is 4.18. The van der Waals surface area contributed by atoms with Gasteiger partial charge in [0.1, 0.15) is 5.75 Å². The Hall–Kier alpha value is -2.61. The van der Waals surface area contributed by atoms with Gasteiger partial charge in [-0.05, 0) is 42.3 Å². The van der Waals surface area contributed by atoms with Crippen molar-refractivity contribution < 1.29 is 29.3 Å². The van der Waals surface area contributed by atoms with Gasteiger partial charge in [-0.3, -0.25) is 9.59 Å². The number of carboxylic acid groups (broad SMARTS) is 1. The van der Waals surface area contributed by atoms with Crippen LogP contribution in [0.2, 0.25) is 5.02 Å². The first kappa shape index (κ1) is 24.0. The summed E-state index contributed by atoms with van der Waals surface area (Å²) < 4.78 is 12.0. The van der Waals surface area contributed by atoms with Crippen LogP contribution < -0.4 is 10.1 Å². The first-order valence-corrected chi connectivity index (χ1v) is 10.8. The molecule has 3 N–H and O–H groups in total. The van der Waals surface area contributed by atoms with Crippen LogP contribution in [0.5, 0.6) is 5.75 Å². The van der Waals surface area contributed by atoms with E-state index in [9.17, 15) is 14.7 Å². The second-order valence-corrected chi connectivity index (χ2v) is 8.74. The third kappa shape index (κ3) is 6.00. The van der Waals surface area contributed by atoms with Gasteiger partial charge >= 0.3 is 5.97 Å². The van der Waals surface area contributed by atoms with Gasteiger partial charge in [-0.2, -0.15) is 0 Å². The van der Waals surface area contributed by atoms with E-state index < -0.39 is 17.6 Å². The first-order valence-electron chi connectivity index (χ1n) is 10.4. The fraction of sp³-hybridized carbons (Fsp3) is 0.417. The molecule has 1 heterocycles. The largest absolute Gasteiger partial charge is 0.496 e. The SMILES string of the molecule is COc1ccc(CC(=O)O)cc1[C@H]1C[C@](C)(NC(=O)CCO)C[C@@H](c2ccc(Cl)cc2)O1. The number of aliphatic hydroxyl groups excluding tert-OH is 1. The van der Waals surface area contributed by atoms with E-state index in [1.165, 1.54) is 0 Å². The summed E-state index contributed by atoms with van der Waals surface area (Å²) >= 11 is 6.05. The molecule has 1 fully saturated rings. The van der Waals surface area contributed by atoms with Gasteiger partial charge in [-0.1, -0.05) is 29.8 Å². The molecule has 1 amide bonds. The molecule has 0 radical (unpaired) electrons. The van der Waals surface area contributed by atoms with Crippen molar-refractivity contribution in [1.29, 1.82) is 0 Å². The number of hydrogen-bond acceptors (Lipinski definition) is 5. The van der Waals surface area contributed by atoms with E-state index >= 15 is 0 Å². The molecule has 7 nitrogen and oxygen atoms in total. The number of halogens is 1. The summed E-state index contributed by atoms with van der Waals surface area (Å²) in [6.45, 7) is 1.72. The van der Waals surface area contributed by atoms with Gasteiger partial charge in [0, 0.05) is 35.4 Å². The van der Waals surface area contributed by atoms with Gasteiger partial charge in [0.15, 0.2) is 0 Å². The third-order valence-electron chi connectivity index (χ3n) is 5.62. The summed E-state index contributed by atoms with van der Waals surface area (Å²) in [5.74, 6) is -0.576. The van der Waals surface area contributed by atoms with Crippen molar-refractivity contribution in [3.05, 3.63) is 64.2 Å². The Morgan fingerprint density at radius 2 is 1.88 bits per heavy atom. The van der Waals surface area contributed by atoms with Crippen LogP contribution in [0.15, 0.2) is 42.5 Å². The number of nitrogens with one attached hydrogen (secondary N) is 1. The number of carbonyl (C=O) groups is 2. The Bertz CT molecular complexity index is 963. The van der Waals surface area contributed by atoms with Crippen molar-refractivity contribution >= 4 is 23.5 Å². The fourth-order valence-corrected chi connectivity index (χ4v) is 4.30. The minimum Gasteiger partial charge on any atom is -0.496 e. The highest BCUT2D eigenvalue weighted by molar-refractivity contribution is 6.30. The van der Waals surface area contributed by atoms with Gasteiger partial charge in [-0.25, -0.2) is 0 Å². The van der Waals surface area contributed by atoms with E-state index in [1.54, 1.807) is 37.4 Å². The number of methoxy groups -OCH3 is 1. The second kappa shape index (κ2) is 10.3. The van der Waals surface area contributed by atoms with Crippen molar-refractivity contribution in [2.24, 2.45) is 0 Å². The molecule has 2 aromatic carbocycles. The first-order chi connectivity index (χ1) is 15.2. The zero-order valence-electron chi connectivity index (χ0n) is 18.1. The molecule has 3 rings (SSSR count). The van der Waals surface area contributed by atoms with Crippen LogP contribution in [0.4, 0.5) is 0 Å². The Morgan fingerprint density at radius 1 is 1.19 bits per heavy atom. The van der Waals surface area contributed by atoms with Crippen LogP contribution in [0.1, 0.15) is 55.1 Å². The molecule has 1 aliphatic heterocycles. The van der Waals surface area contributed by atoms with Gasteiger partial charge < -0.3 is 25.0 Å². The molecule has 32 heavy (non-hydrogen) atoms. The monoisotopic (exact) mass is 461 g/mol. The van der Waals surface area contributed by atoms with Crippen LogP contribution in [0.3, 0.4) is 0 Å². The summed E-state index contributed by atoms with van der Waals surface area (Å²) in [6, 6.07) is 12.6. The topological polar surface area (TPSA) is 105 Å². The standard InChI is InChI=1S/C24H28ClNO6/c1-24(26-22(28)9-10-27)13-20(16-4-6-17(25)7-5-16)32-21(14-24)18-11-15(12-23(29)30)3-8-19(18)31-2/h3-8,11,20-21,27H,9-10,12-14H2,1-2H3,(H,26,28)(H,29,30)/t20-,21+,24+/m0/s1. The summed E-state index contributed by atoms with van der Waals surface area (Å²) in [7, 11) is 1.55. The average molecular weight is 462 g/mol. The smallest absolute Gasteiger partial charge is 0.307 e. The van der Waals surface area contributed by atoms with E-state index in [4.69, 9.17) is 26.2 Å². The van der Waals surface area contributed by atoms with Crippen molar-refractivity contribution in [3.8, 4) is 5.75 Å². The van der Waals surface area contributed by atoms with Crippen LogP contribution in [-0.4, -0.2) is 41.3 Å². The molecular weight excluding hydrogens is 434 g/mol. The van der Waals surface area contributed by atoms with Gasteiger partial charge in [0.25, 0.3) is 0 Å². The minimum absolute atomic E-state index is 0.0180. The molecule has 0 unspecified atom stereocenters. The molecule has 0 aliphatic carbocycles. The highest BCUT2D eigenvalue weighted by atomic mass is 35.5. The molecule has 0 aromatic heterocycles. The normalized spacial score (nSPS) is 22.9. The van der Waals surface area contributed by atoms with Crippen LogP contribution in [0.25, 0.3) is 0 Å². The van der Waals surface area contributed by atoms with Crippen LogP contribution >= 0.6 is 11.6 Å². The van der Waals surface area contributed by atoms with Gasteiger partial charge in [0.05, 0.1) is 32.3 Å². The molecule has 3 atom stereocenters. The van der Waals surface area contributed by atoms with E-state index in [2.05, 4.69) is 5.32 Å². The minimum atomic E-state index is -0.925. The number of hydrogen-bond donors (Lipinski definition) is 3. The van der Waals surface area contributed by atoms with Gasteiger partial charge in [-0.15, -0.1) is 0 Å². The molecule has 0 spiro atoms. The predicted molar refractivity (Wildman–Crippen MR) is 120 cm³/mol. The molecule has 2 aromatic rings.